The second kappa shape index (κ2) is 22.4. The summed E-state index contributed by atoms with van der Waals surface area (Å²) in [7, 11) is 0. The molecule has 0 radical (unpaired) electrons. The predicted molar refractivity (Wildman–Crippen MR) is 234 cm³/mol. The highest BCUT2D eigenvalue weighted by Gasteiger charge is 2.52. The van der Waals surface area contributed by atoms with E-state index in [0.717, 1.165) is 17.0 Å². The number of ketones is 1. The monoisotopic (exact) mass is 937 g/mol. The van der Waals surface area contributed by atoms with E-state index in [0.29, 0.717) is 86.8 Å². The van der Waals surface area contributed by atoms with E-state index in [9.17, 15) is 47.4 Å². The summed E-state index contributed by atoms with van der Waals surface area (Å²) in [6.45, 7) is 2.52. The molecular formula is C45H49F2N5O13S. The number of fused-ring (bicyclic) bond motifs is 2. The summed E-state index contributed by atoms with van der Waals surface area (Å²) in [5, 5.41) is 16.2. The standard InChI is InChI=1S/C45H47F2N5O13.H2S/c46-29-20-27(21-30(47)24-29)26-48-43(58)45(60)9-10-51(44(45)59)31-3-6-35-28(22-31)23-36(49-35)38(53)2-1-11-61-12-13-62-14-15-63-16-17-64-18-19-65-32-4-5-33-34(25-32)42(57)52(41(33)56)37-7-8-39(54)50-40(37)55;/h3-6,20-25,37,49,60H,1-2,7-19,26H2,(H,48,58)(H,50,54,55);1H2/t37?,45-;/m0./s1. The zero-order valence-corrected chi connectivity index (χ0v) is 36.7. The minimum Gasteiger partial charge on any atom is -0.491 e. The highest BCUT2D eigenvalue weighted by atomic mass is 32.1. The van der Waals surface area contributed by atoms with Crippen LogP contribution < -0.4 is 20.3 Å². The topological polar surface area (TPSA) is 232 Å². The average molecular weight is 938 g/mol. The van der Waals surface area contributed by atoms with Crippen LogP contribution >= 0.6 is 13.5 Å². The number of aliphatic hydroxyl groups is 1. The molecule has 352 valence electrons. The molecule has 2 saturated heterocycles. The van der Waals surface area contributed by atoms with Crippen molar-refractivity contribution in [1.29, 1.82) is 0 Å². The molecule has 0 bridgehead atoms. The quantitative estimate of drug-likeness (QED) is 0.0363. The number of ether oxygens (including phenoxy) is 5. The fourth-order valence-corrected chi connectivity index (χ4v) is 7.63. The number of Topliss-reactive ketones (excluding diaryl/α,β-unsaturated/α-hetero) is 1. The molecule has 4 N–H and O–H groups in total. The van der Waals surface area contributed by atoms with Crippen LogP contribution in [-0.4, -0.2) is 134 Å². The molecule has 18 nitrogen and oxygen atoms in total. The Morgan fingerprint density at radius 3 is 2.12 bits per heavy atom. The number of hydrogen-bond acceptors (Lipinski definition) is 13. The molecule has 6 amide bonds. The number of benzene rings is 3. The predicted octanol–water partition coefficient (Wildman–Crippen LogP) is 2.85. The number of nitrogens with one attached hydrogen (secondary N) is 3. The van der Waals surface area contributed by atoms with Crippen molar-refractivity contribution in [3.05, 3.63) is 94.7 Å². The normalized spacial score (nSPS) is 18.2. The Morgan fingerprint density at radius 2 is 1.44 bits per heavy atom. The van der Waals surface area contributed by atoms with Gasteiger partial charge in [0.2, 0.25) is 17.4 Å². The zero-order valence-electron chi connectivity index (χ0n) is 35.7. The van der Waals surface area contributed by atoms with Gasteiger partial charge >= 0.3 is 0 Å². The summed E-state index contributed by atoms with van der Waals surface area (Å²) in [6.07, 6.45) is 0.619. The van der Waals surface area contributed by atoms with Gasteiger partial charge in [-0.15, -0.1) is 0 Å². The third kappa shape index (κ3) is 11.6. The number of H-pyrrole nitrogens is 1. The van der Waals surface area contributed by atoms with E-state index in [1.165, 1.54) is 17.0 Å². The number of imide groups is 2. The van der Waals surface area contributed by atoms with Gasteiger partial charge in [-0.25, -0.2) is 8.78 Å². The average Bonchev–Trinajstić information content (AvgIpc) is 3.92. The molecule has 4 heterocycles. The van der Waals surface area contributed by atoms with E-state index in [4.69, 9.17) is 23.7 Å². The number of anilines is 1. The summed E-state index contributed by atoms with van der Waals surface area (Å²) in [6, 6.07) is 12.9. The van der Waals surface area contributed by atoms with Crippen LogP contribution in [0.1, 0.15) is 68.9 Å². The van der Waals surface area contributed by atoms with Crippen LogP contribution in [0.15, 0.2) is 60.7 Å². The van der Waals surface area contributed by atoms with Crippen molar-refractivity contribution >= 4 is 71.3 Å². The Hall–Kier alpha value is -6.10. The Morgan fingerprint density at radius 1 is 0.788 bits per heavy atom. The number of carbonyl (C=O) groups is 7. The van der Waals surface area contributed by atoms with Gasteiger partial charge in [0.15, 0.2) is 5.78 Å². The first kappa shape index (κ1) is 49.3. The van der Waals surface area contributed by atoms with E-state index in [1.54, 1.807) is 30.3 Å². The fraction of sp³-hybridized carbons (Fsp3) is 0.400. The maximum atomic E-state index is 13.5. The largest absolute Gasteiger partial charge is 0.491 e. The van der Waals surface area contributed by atoms with Gasteiger partial charge in [-0.2, -0.15) is 13.5 Å². The number of carbonyl (C=O) groups excluding carboxylic acids is 7. The van der Waals surface area contributed by atoms with Crippen molar-refractivity contribution in [2.75, 3.05) is 70.9 Å². The lowest BCUT2D eigenvalue weighted by Gasteiger charge is -2.27. The zero-order chi connectivity index (χ0) is 46.1. The minimum absolute atomic E-state index is 0. The van der Waals surface area contributed by atoms with Gasteiger partial charge in [0, 0.05) is 61.6 Å². The fourth-order valence-electron chi connectivity index (χ4n) is 7.63. The van der Waals surface area contributed by atoms with E-state index >= 15 is 0 Å². The smallest absolute Gasteiger partial charge is 0.268 e. The first-order chi connectivity index (χ1) is 31.3. The Labute approximate surface area is 383 Å². The van der Waals surface area contributed by atoms with Crippen LogP contribution in [0.4, 0.5) is 14.5 Å². The van der Waals surface area contributed by atoms with Crippen molar-refractivity contribution in [2.24, 2.45) is 0 Å². The van der Waals surface area contributed by atoms with Crippen LogP contribution in [0.5, 0.6) is 5.75 Å². The third-order valence-electron chi connectivity index (χ3n) is 11.0. The van der Waals surface area contributed by atoms with Gasteiger partial charge in [-0.1, -0.05) is 0 Å². The van der Waals surface area contributed by atoms with Crippen LogP contribution in [0, 0.1) is 11.6 Å². The number of amides is 6. The SMILES string of the molecule is O=C1CCC(N2C(=O)c3ccc(OCCOCCOCCOCCOCCCC(=O)c4cc5cc(N6CC[C@](O)(C(=O)NCc7cc(F)cc(F)c7)C6=O)ccc5[nH]4)cc3C2=O)C(=O)N1.S. The molecule has 0 spiro atoms. The van der Waals surface area contributed by atoms with E-state index < -0.39 is 58.7 Å². The molecule has 3 aromatic carbocycles. The number of halogens is 2. The van der Waals surface area contributed by atoms with Crippen LogP contribution in [0.3, 0.4) is 0 Å². The maximum Gasteiger partial charge on any atom is 0.268 e. The summed E-state index contributed by atoms with van der Waals surface area (Å²) in [5.41, 5.74) is -0.472. The van der Waals surface area contributed by atoms with Crippen LogP contribution in [0.25, 0.3) is 10.9 Å². The summed E-state index contributed by atoms with van der Waals surface area (Å²) >= 11 is 0. The number of hydrogen-bond donors (Lipinski definition) is 4. The first-order valence-electron chi connectivity index (χ1n) is 21.1. The molecular weight excluding hydrogens is 889 g/mol. The molecule has 21 heteroatoms. The van der Waals surface area contributed by atoms with Crippen molar-refractivity contribution < 1.29 is 71.1 Å². The second-order valence-electron chi connectivity index (χ2n) is 15.5. The lowest BCUT2D eigenvalue weighted by Crippen LogP contribution is -2.54. The number of aromatic nitrogens is 1. The van der Waals surface area contributed by atoms with E-state index in [2.05, 4.69) is 15.6 Å². The van der Waals surface area contributed by atoms with Crippen molar-refractivity contribution in [2.45, 2.75) is 50.3 Å². The maximum absolute atomic E-state index is 13.5. The van der Waals surface area contributed by atoms with E-state index in [1.807, 2.05) is 0 Å². The highest BCUT2D eigenvalue weighted by Crippen LogP contribution is 2.32. The lowest BCUT2D eigenvalue weighted by atomic mass is 10.0. The van der Waals surface area contributed by atoms with Crippen molar-refractivity contribution in [3.8, 4) is 5.75 Å². The molecule has 2 fully saturated rings. The molecule has 1 unspecified atom stereocenters. The second-order valence-corrected chi connectivity index (χ2v) is 15.5. The van der Waals surface area contributed by atoms with Gasteiger partial charge in [-0.05, 0) is 73.0 Å². The molecule has 3 aliphatic rings. The van der Waals surface area contributed by atoms with Crippen LogP contribution in [-0.2, 0) is 44.7 Å². The molecule has 3 aliphatic heterocycles. The first-order valence-corrected chi connectivity index (χ1v) is 21.1. The molecule has 4 aromatic rings. The molecule has 0 aliphatic carbocycles. The van der Waals surface area contributed by atoms with Gasteiger partial charge in [0.1, 0.15) is 30.0 Å². The van der Waals surface area contributed by atoms with Gasteiger partial charge < -0.3 is 44.0 Å². The third-order valence-corrected chi connectivity index (χ3v) is 11.0. The summed E-state index contributed by atoms with van der Waals surface area (Å²) in [5.74, 6) is -5.54. The molecule has 66 heavy (non-hydrogen) atoms. The Kier molecular flexibility index (Phi) is 16.7. The molecule has 2 atom stereocenters. The number of piperidine rings is 1. The molecule has 7 rings (SSSR count). The number of nitrogens with zero attached hydrogens (tertiary/aromatic N) is 2. The van der Waals surface area contributed by atoms with Crippen LogP contribution in [0.2, 0.25) is 0 Å². The summed E-state index contributed by atoms with van der Waals surface area (Å²) in [4.78, 5) is 93.8. The van der Waals surface area contributed by atoms with Crippen molar-refractivity contribution in [3.63, 3.8) is 0 Å². The number of rotatable bonds is 23. The van der Waals surface area contributed by atoms with E-state index in [-0.39, 0.29) is 88.0 Å². The van der Waals surface area contributed by atoms with Crippen molar-refractivity contribution in [1.82, 2.24) is 20.5 Å². The lowest BCUT2D eigenvalue weighted by molar-refractivity contribution is -0.149. The summed E-state index contributed by atoms with van der Waals surface area (Å²) < 4.78 is 54.9. The molecule has 1 aromatic heterocycles. The van der Waals surface area contributed by atoms with Gasteiger partial charge in [0.05, 0.1) is 63.1 Å². The molecule has 0 saturated carbocycles. The minimum atomic E-state index is -2.36. The van der Waals surface area contributed by atoms with Gasteiger partial charge in [0.25, 0.3) is 23.6 Å². The Balaban J connectivity index is 0.00000720. The van der Waals surface area contributed by atoms with Gasteiger partial charge in [-0.3, -0.25) is 43.8 Å². The highest BCUT2D eigenvalue weighted by molar-refractivity contribution is 7.59. The Bertz CT molecular complexity index is 2470. The number of aromatic amines is 1.